The molecule has 8 heavy (non-hydrogen) atoms. The van der Waals surface area contributed by atoms with E-state index in [-0.39, 0.29) is 0 Å². The standard InChI is InChI=1S/C5H7.2CH3.Hf/c1-2-4-5-3-1;;;/h1H,2,4-5H2;2*1H3;. The predicted molar refractivity (Wildman–Crippen MR) is 33.7 cm³/mol. The third-order valence-corrected chi connectivity index (χ3v) is 7.93. The van der Waals surface area contributed by atoms with Gasteiger partial charge in [0.05, 0.1) is 0 Å². The van der Waals surface area contributed by atoms with Gasteiger partial charge in [-0.25, -0.2) is 0 Å². The minimum atomic E-state index is -0.983. The summed E-state index contributed by atoms with van der Waals surface area (Å²) in [4.78, 5) is 0. The molecule has 0 aromatic carbocycles. The average Bonchev–Trinajstić information content (AvgIpc) is 2.12. The van der Waals surface area contributed by atoms with E-state index in [0.29, 0.717) is 0 Å². The molecule has 0 aliphatic heterocycles. The Morgan fingerprint density at radius 3 is 2.50 bits per heavy atom. The second-order valence-electron chi connectivity index (χ2n) is 2.62. The summed E-state index contributed by atoms with van der Waals surface area (Å²) in [6, 6.07) is 0. The zero-order chi connectivity index (χ0) is 5.98. The first kappa shape index (κ1) is 6.73. The molecule has 0 saturated heterocycles. The van der Waals surface area contributed by atoms with Crippen LogP contribution in [-0.4, -0.2) is 0 Å². The van der Waals surface area contributed by atoms with E-state index in [1.807, 2.05) is 3.33 Å². The molecule has 0 spiro atoms. The summed E-state index contributed by atoms with van der Waals surface area (Å²) in [6.07, 6.45) is 6.77. The van der Waals surface area contributed by atoms with E-state index < -0.39 is 21.4 Å². The maximum atomic E-state index is 2.49. The molecule has 0 amide bonds. The van der Waals surface area contributed by atoms with Crippen LogP contribution in [-0.2, 0) is 21.4 Å². The zero-order valence-electron chi connectivity index (χ0n) is 5.70. The first-order valence-corrected chi connectivity index (χ1v) is 12.3. The fraction of sp³-hybridized carbons (Fsp3) is 0.714. The van der Waals surface area contributed by atoms with Crippen LogP contribution in [0.5, 0.6) is 0 Å². The molecule has 0 unspecified atom stereocenters. The van der Waals surface area contributed by atoms with Gasteiger partial charge in [-0.15, -0.1) is 0 Å². The number of allylic oxidation sites excluding steroid dienone is 2. The summed E-state index contributed by atoms with van der Waals surface area (Å²) in [7, 11) is 0. The molecular weight excluding hydrogens is 263 g/mol. The molecular formula is C7H13Hf. The topological polar surface area (TPSA) is 0 Å². The van der Waals surface area contributed by atoms with E-state index in [1.165, 1.54) is 19.3 Å². The van der Waals surface area contributed by atoms with Crippen molar-refractivity contribution in [1.82, 2.24) is 0 Å². The van der Waals surface area contributed by atoms with Gasteiger partial charge in [-0.3, -0.25) is 0 Å². The van der Waals surface area contributed by atoms with E-state index in [2.05, 4.69) is 15.4 Å². The van der Waals surface area contributed by atoms with Crippen molar-refractivity contribution in [3.8, 4) is 0 Å². The quantitative estimate of drug-likeness (QED) is 0.646. The van der Waals surface area contributed by atoms with Gasteiger partial charge in [0.1, 0.15) is 0 Å². The molecule has 0 bridgehead atoms. The van der Waals surface area contributed by atoms with Crippen molar-refractivity contribution in [3.05, 3.63) is 9.41 Å². The first-order valence-electron chi connectivity index (χ1n) is 3.30. The van der Waals surface area contributed by atoms with Gasteiger partial charge in [-0.1, -0.05) is 0 Å². The van der Waals surface area contributed by atoms with Gasteiger partial charge in [0, 0.05) is 0 Å². The SMILES string of the molecule is [CH3][Hf]([CH3])[C]1=CCCC1. The summed E-state index contributed by atoms with van der Waals surface area (Å²) in [5.41, 5.74) is 0. The molecule has 0 aromatic heterocycles. The molecule has 0 heterocycles. The van der Waals surface area contributed by atoms with Crippen LogP contribution in [0.1, 0.15) is 19.3 Å². The van der Waals surface area contributed by atoms with Crippen molar-refractivity contribution in [3.63, 3.8) is 0 Å². The monoisotopic (exact) mass is 277 g/mol. The van der Waals surface area contributed by atoms with Gasteiger partial charge >= 0.3 is 59.5 Å². The Labute approximate surface area is 59.5 Å². The van der Waals surface area contributed by atoms with Crippen LogP contribution < -0.4 is 0 Å². The normalized spacial score (nSPS) is 18.5. The number of hydrogen-bond donors (Lipinski definition) is 0. The number of hydrogen-bond acceptors (Lipinski definition) is 0. The Balaban J connectivity index is 2.45. The molecule has 1 rings (SSSR count). The van der Waals surface area contributed by atoms with Crippen molar-refractivity contribution in [2.45, 2.75) is 28.6 Å². The van der Waals surface area contributed by atoms with Gasteiger partial charge < -0.3 is 0 Å². The summed E-state index contributed by atoms with van der Waals surface area (Å²) in [6.45, 7) is 0. The van der Waals surface area contributed by atoms with Gasteiger partial charge in [0.15, 0.2) is 0 Å². The Morgan fingerprint density at radius 2 is 2.25 bits per heavy atom. The Morgan fingerprint density at radius 1 is 1.50 bits per heavy atom. The van der Waals surface area contributed by atoms with Crippen molar-refractivity contribution >= 4 is 0 Å². The molecule has 1 aliphatic carbocycles. The van der Waals surface area contributed by atoms with E-state index in [4.69, 9.17) is 0 Å². The Bertz CT molecular complexity index is 103. The second kappa shape index (κ2) is 2.95. The van der Waals surface area contributed by atoms with Crippen LogP contribution in [0.2, 0.25) is 9.36 Å². The van der Waals surface area contributed by atoms with E-state index in [9.17, 15) is 0 Å². The van der Waals surface area contributed by atoms with Crippen molar-refractivity contribution < 1.29 is 21.4 Å². The predicted octanol–water partition coefficient (Wildman–Crippen LogP) is 2.77. The molecule has 0 fully saturated rings. The fourth-order valence-electron chi connectivity index (χ4n) is 1.12. The van der Waals surface area contributed by atoms with Crippen LogP contribution in [0.4, 0.5) is 0 Å². The molecule has 0 aromatic rings. The van der Waals surface area contributed by atoms with E-state index >= 15 is 0 Å². The van der Waals surface area contributed by atoms with Crippen LogP contribution in [0.3, 0.4) is 0 Å². The van der Waals surface area contributed by atoms with Crippen LogP contribution >= 0.6 is 0 Å². The zero-order valence-corrected chi connectivity index (χ0v) is 9.29. The van der Waals surface area contributed by atoms with Crippen LogP contribution in [0.15, 0.2) is 9.41 Å². The minimum absolute atomic E-state index is 0.983. The van der Waals surface area contributed by atoms with Gasteiger partial charge in [0.25, 0.3) is 0 Å². The molecule has 1 aliphatic rings. The maximum absolute atomic E-state index is 2.49. The third kappa shape index (κ3) is 1.54. The van der Waals surface area contributed by atoms with E-state index in [0.717, 1.165) is 0 Å². The Kier molecular flexibility index (Phi) is 2.48. The molecule has 0 saturated carbocycles. The second-order valence-corrected chi connectivity index (χ2v) is 12.1. The van der Waals surface area contributed by atoms with E-state index in [1.54, 1.807) is 0 Å². The summed E-state index contributed by atoms with van der Waals surface area (Å²) in [5.74, 6) is 0. The molecule has 45 valence electrons. The summed E-state index contributed by atoms with van der Waals surface area (Å²) in [5, 5.41) is 0. The summed E-state index contributed by atoms with van der Waals surface area (Å²) >= 11 is -0.983. The van der Waals surface area contributed by atoms with Crippen molar-refractivity contribution in [2.24, 2.45) is 0 Å². The molecule has 0 N–H and O–H groups in total. The first-order chi connectivity index (χ1) is 3.80. The van der Waals surface area contributed by atoms with Gasteiger partial charge in [-0.05, 0) is 0 Å². The molecule has 1 heteroatoms. The van der Waals surface area contributed by atoms with Crippen molar-refractivity contribution in [1.29, 1.82) is 0 Å². The van der Waals surface area contributed by atoms with Crippen LogP contribution in [0, 0.1) is 0 Å². The Hall–Kier alpha value is 0.610. The molecule has 0 nitrogen and oxygen atoms in total. The summed E-state index contributed by atoms with van der Waals surface area (Å²) < 4.78 is 6.86. The fourth-order valence-corrected chi connectivity index (χ4v) is 5.54. The van der Waals surface area contributed by atoms with Gasteiger partial charge in [0.2, 0.25) is 0 Å². The third-order valence-electron chi connectivity index (χ3n) is 1.68. The van der Waals surface area contributed by atoms with Crippen molar-refractivity contribution in [2.75, 3.05) is 0 Å². The molecule has 0 radical (unpaired) electrons. The van der Waals surface area contributed by atoms with Crippen LogP contribution in [0.25, 0.3) is 0 Å². The van der Waals surface area contributed by atoms with Gasteiger partial charge in [-0.2, -0.15) is 0 Å². The number of rotatable bonds is 1. The molecule has 0 atom stereocenters. The average molecular weight is 276 g/mol.